The maximum absolute atomic E-state index is 13.1. The second-order valence-electron chi connectivity index (χ2n) is 6.35. The van der Waals surface area contributed by atoms with Gasteiger partial charge in [0.15, 0.2) is 11.5 Å². The maximum Gasteiger partial charge on any atom is 0.160 e. The number of phenols is 2. The molecule has 0 aromatic heterocycles. The third-order valence-corrected chi connectivity index (χ3v) is 5.12. The Kier molecular flexibility index (Phi) is 3.38. The summed E-state index contributed by atoms with van der Waals surface area (Å²) in [5.74, 6) is 0.313. The fraction of sp³-hybridized carbons (Fsp3) is 0.625. The van der Waals surface area contributed by atoms with Crippen molar-refractivity contribution in [3.8, 4) is 11.5 Å². The highest BCUT2D eigenvalue weighted by Crippen LogP contribution is 2.43. The molecule has 20 heavy (non-hydrogen) atoms. The van der Waals surface area contributed by atoms with E-state index in [0.717, 1.165) is 49.8 Å². The van der Waals surface area contributed by atoms with Gasteiger partial charge in [0.1, 0.15) is 0 Å². The van der Waals surface area contributed by atoms with Crippen LogP contribution in [-0.4, -0.2) is 34.0 Å². The smallest absolute Gasteiger partial charge is 0.160 e. The zero-order valence-corrected chi connectivity index (χ0v) is 12.0. The number of nitrogens with zero attached hydrogens (tertiary/aromatic N) is 1. The second kappa shape index (κ2) is 4.93. The van der Waals surface area contributed by atoms with Crippen molar-refractivity contribution in [3.63, 3.8) is 0 Å². The van der Waals surface area contributed by atoms with E-state index in [9.17, 15) is 15.4 Å². The summed E-state index contributed by atoms with van der Waals surface area (Å²) < 4.78 is -0.0672. The van der Waals surface area contributed by atoms with Gasteiger partial charge in [-0.3, -0.25) is 0 Å². The minimum absolute atomic E-state index is 0.0195. The van der Waals surface area contributed by atoms with Crippen LogP contribution in [0.15, 0.2) is 12.1 Å². The topological polar surface area (TPSA) is 63.5 Å². The van der Waals surface area contributed by atoms with E-state index in [0.29, 0.717) is 12.5 Å². The minimum Gasteiger partial charge on any atom is -0.633 e. The predicted molar refractivity (Wildman–Crippen MR) is 77.3 cm³/mol. The molecule has 4 nitrogen and oxygen atoms in total. The molecule has 0 radical (unpaired) electrons. The molecule has 0 amide bonds. The summed E-state index contributed by atoms with van der Waals surface area (Å²) in [6.07, 6.45) is 4.41. The molecule has 1 aliphatic carbocycles. The molecule has 1 aromatic rings. The van der Waals surface area contributed by atoms with E-state index in [1.807, 2.05) is 6.07 Å². The Morgan fingerprint density at radius 1 is 1.30 bits per heavy atom. The van der Waals surface area contributed by atoms with E-state index < -0.39 is 0 Å². The molecule has 1 aliphatic heterocycles. The van der Waals surface area contributed by atoms with Crippen molar-refractivity contribution < 1.29 is 14.9 Å². The summed E-state index contributed by atoms with van der Waals surface area (Å²) in [6, 6.07) is 3.53. The fourth-order valence-corrected chi connectivity index (χ4v) is 4.16. The number of rotatable bonds is 2. The first-order valence-electron chi connectivity index (χ1n) is 7.65. The summed E-state index contributed by atoms with van der Waals surface area (Å²) in [6.45, 7) is 3.50. The van der Waals surface area contributed by atoms with Crippen molar-refractivity contribution in [2.45, 2.75) is 45.1 Å². The van der Waals surface area contributed by atoms with Gasteiger partial charge in [-0.25, -0.2) is 0 Å². The van der Waals surface area contributed by atoms with Crippen molar-refractivity contribution in [1.82, 2.24) is 0 Å². The first kappa shape index (κ1) is 13.7. The van der Waals surface area contributed by atoms with Crippen molar-refractivity contribution >= 4 is 0 Å². The van der Waals surface area contributed by atoms with Crippen LogP contribution in [-0.2, 0) is 12.8 Å². The van der Waals surface area contributed by atoms with E-state index in [1.54, 1.807) is 0 Å². The molecule has 1 fully saturated rings. The largest absolute Gasteiger partial charge is 0.633 e. The number of fused-ring (bicyclic) bond motifs is 2. The lowest BCUT2D eigenvalue weighted by molar-refractivity contribution is -0.915. The van der Waals surface area contributed by atoms with Gasteiger partial charge >= 0.3 is 0 Å². The number of phenolic OH excluding ortho intramolecular Hbond substituents is 2. The Balaban J connectivity index is 1.96. The highest BCUT2D eigenvalue weighted by Gasteiger charge is 2.42. The van der Waals surface area contributed by atoms with Gasteiger partial charge in [-0.15, -0.1) is 0 Å². The minimum atomic E-state index is -0.0672. The van der Waals surface area contributed by atoms with Crippen molar-refractivity contribution in [3.05, 3.63) is 28.5 Å². The molecule has 1 aromatic carbocycles. The van der Waals surface area contributed by atoms with Crippen LogP contribution in [0.5, 0.6) is 11.5 Å². The Hall–Kier alpha value is -1.26. The van der Waals surface area contributed by atoms with Gasteiger partial charge in [-0.1, -0.05) is 13.0 Å². The molecule has 2 aliphatic rings. The van der Waals surface area contributed by atoms with Crippen LogP contribution in [0.3, 0.4) is 0 Å². The summed E-state index contributed by atoms with van der Waals surface area (Å²) >= 11 is 0. The van der Waals surface area contributed by atoms with Crippen LogP contribution in [0.2, 0.25) is 0 Å². The van der Waals surface area contributed by atoms with E-state index in [-0.39, 0.29) is 22.2 Å². The zero-order chi connectivity index (χ0) is 14.3. The number of benzene rings is 1. The van der Waals surface area contributed by atoms with Crippen LogP contribution in [0.4, 0.5) is 0 Å². The number of hydrogen-bond donors (Lipinski definition) is 2. The maximum atomic E-state index is 13.1. The lowest BCUT2D eigenvalue weighted by Crippen LogP contribution is -2.60. The number of piperidine rings is 1. The van der Waals surface area contributed by atoms with Gasteiger partial charge in [0, 0.05) is 17.9 Å². The quantitative estimate of drug-likeness (QED) is 0.496. The van der Waals surface area contributed by atoms with E-state index in [1.165, 1.54) is 6.07 Å². The molecule has 0 spiro atoms. The molecule has 0 bridgehead atoms. The van der Waals surface area contributed by atoms with E-state index in [4.69, 9.17) is 0 Å². The molecule has 3 atom stereocenters. The number of aromatic hydroxyl groups is 2. The normalized spacial score (nSPS) is 32.5. The van der Waals surface area contributed by atoms with Crippen molar-refractivity contribution in [1.29, 1.82) is 0 Å². The van der Waals surface area contributed by atoms with Gasteiger partial charge in [-0.2, -0.15) is 0 Å². The summed E-state index contributed by atoms with van der Waals surface area (Å²) in [5.41, 5.74) is 1.90. The first-order chi connectivity index (χ1) is 9.55. The highest BCUT2D eigenvalue weighted by atomic mass is 16.5. The van der Waals surface area contributed by atoms with Crippen LogP contribution >= 0.6 is 0 Å². The number of likely N-dealkylation sites (tertiary alicyclic amines) is 1. The fourth-order valence-electron chi connectivity index (χ4n) is 4.16. The van der Waals surface area contributed by atoms with Crippen molar-refractivity contribution in [2.24, 2.45) is 5.92 Å². The van der Waals surface area contributed by atoms with Crippen LogP contribution in [0, 0.1) is 11.1 Å². The molecule has 110 valence electrons. The van der Waals surface area contributed by atoms with E-state index in [2.05, 4.69) is 6.92 Å². The number of hydrogen-bond acceptors (Lipinski definition) is 3. The molecule has 0 saturated carbocycles. The Morgan fingerprint density at radius 2 is 2.10 bits per heavy atom. The third kappa shape index (κ3) is 2.07. The molecule has 3 rings (SSSR count). The van der Waals surface area contributed by atoms with Gasteiger partial charge < -0.3 is 20.1 Å². The lowest BCUT2D eigenvalue weighted by atomic mass is 9.74. The monoisotopic (exact) mass is 277 g/mol. The average Bonchev–Trinajstić information content (AvgIpc) is 2.43. The van der Waals surface area contributed by atoms with Gasteiger partial charge in [0.05, 0.1) is 19.1 Å². The summed E-state index contributed by atoms with van der Waals surface area (Å²) in [5, 5.41) is 32.8. The lowest BCUT2D eigenvalue weighted by Gasteiger charge is -2.56. The zero-order valence-electron chi connectivity index (χ0n) is 12.0. The van der Waals surface area contributed by atoms with E-state index >= 15 is 0 Å². The number of hydroxylamine groups is 3. The van der Waals surface area contributed by atoms with Gasteiger partial charge in [-0.05, 0) is 37.3 Å². The summed E-state index contributed by atoms with van der Waals surface area (Å²) in [4.78, 5) is 0. The Morgan fingerprint density at radius 3 is 2.85 bits per heavy atom. The Bertz CT molecular complexity index is 513. The first-order valence-corrected chi connectivity index (χ1v) is 7.65. The van der Waals surface area contributed by atoms with Crippen LogP contribution in [0.1, 0.15) is 37.3 Å². The molecule has 1 heterocycles. The molecule has 4 heteroatoms. The SMILES string of the molecule is CCC[N+]1([O-])CCC[C@@H]2Cc3c(ccc(O)c3O)C[C@H]21. The molecular formula is C16H23NO3. The van der Waals surface area contributed by atoms with Gasteiger partial charge in [0.2, 0.25) is 0 Å². The van der Waals surface area contributed by atoms with Crippen LogP contribution in [0.25, 0.3) is 0 Å². The average molecular weight is 277 g/mol. The molecular weight excluding hydrogens is 254 g/mol. The standard InChI is InChI=1S/C16H23NO3/c1-2-7-17(20)8-3-4-12-9-13-11(10-14(12)17)5-6-15(18)16(13)19/h5-6,12,14,18-19H,2-4,7-10H2,1H3/t12-,14-,17?/m1/s1. The van der Waals surface area contributed by atoms with Crippen molar-refractivity contribution in [2.75, 3.05) is 13.1 Å². The second-order valence-corrected chi connectivity index (χ2v) is 6.35. The third-order valence-electron chi connectivity index (χ3n) is 5.12. The van der Waals surface area contributed by atoms with Gasteiger partial charge in [0.25, 0.3) is 0 Å². The Labute approximate surface area is 119 Å². The summed E-state index contributed by atoms with van der Waals surface area (Å²) in [7, 11) is 0. The molecule has 1 unspecified atom stereocenters. The molecule has 1 saturated heterocycles. The predicted octanol–water partition coefficient (Wildman–Crippen LogP) is 2.70. The highest BCUT2D eigenvalue weighted by molar-refractivity contribution is 5.50. The van der Waals surface area contributed by atoms with Crippen LogP contribution < -0.4 is 0 Å². The number of quaternary nitrogens is 1. The molecule has 2 N–H and O–H groups in total.